The second-order valence-electron chi connectivity index (χ2n) is 6.08. The van der Waals surface area contributed by atoms with E-state index in [-0.39, 0.29) is 6.04 Å². The first-order chi connectivity index (χ1) is 8.97. The van der Waals surface area contributed by atoms with Crippen LogP contribution in [0.2, 0.25) is 0 Å². The molecule has 19 heavy (non-hydrogen) atoms. The van der Waals surface area contributed by atoms with Crippen LogP contribution in [0.4, 0.5) is 5.69 Å². The molecule has 2 unspecified atom stereocenters. The predicted octanol–water partition coefficient (Wildman–Crippen LogP) is 2.03. The number of hydrogen-bond acceptors (Lipinski definition) is 3. The molecule has 0 radical (unpaired) electrons. The van der Waals surface area contributed by atoms with Crippen molar-refractivity contribution in [2.45, 2.75) is 39.3 Å². The molecule has 3 nitrogen and oxygen atoms in total. The Morgan fingerprint density at radius 3 is 2.68 bits per heavy atom. The van der Waals surface area contributed by atoms with Gasteiger partial charge in [0.15, 0.2) is 0 Å². The van der Waals surface area contributed by atoms with Crippen LogP contribution in [0.25, 0.3) is 0 Å². The molecule has 106 valence electrons. The Kier molecular flexibility index (Phi) is 4.48. The average Bonchev–Trinajstić information content (AvgIpc) is 2.32. The number of likely N-dealkylation sites (N-methyl/N-ethyl adjacent to an activating group) is 1. The van der Waals surface area contributed by atoms with E-state index >= 15 is 0 Å². The fourth-order valence-corrected chi connectivity index (χ4v) is 2.84. The number of nitrogens with two attached hydrogens (primary N) is 1. The summed E-state index contributed by atoms with van der Waals surface area (Å²) in [5, 5.41) is 0. The molecule has 0 bridgehead atoms. The van der Waals surface area contributed by atoms with Gasteiger partial charge in [0.25, 0.3) is 0 Å². The van der Waals surface area contributed by atoms with Crippen molar-refractivity contribution in [2.24, 2.45) is 5.73 Å². The topological polar surface area (TPSA) is 32.5 Å². The molecule has 0 amide bonds. The summed E-state index contributed by atoms with van der Waals surface area (Å²) in [5.74, 6) is 0. The molecular formula is C16H27N3. The van der Waals surface area contributed by atoms with Crippen molar-refractivity contribution in [1.82, 2.24) is 4.90 Å². The Hall–Kier alpha value is -1.06. The maximum Gasteiger partial charge on any atom is 0.0397 e. The van der Waals surface area contributed by atoms with Gasteiger partial charge in [-0.05, 0) is 51.4 Å². The van der Waals surface area contributed by atoms with Gasteiger partial charge in [-0.3, -0.25) is 0 Å². The van der Waals surface area contributed by atoms with Crippen molar-refractivity contribution in [2.75, 3.05) is 31.6 Å². The summed E-state index contributed by atoms with van der Waals surface area (Å²) in [6.45, 7) is 9.95. The molecule has 2 atom stereocenters. The van der Waals surface area contributed by atoms with E-state index in [2.05, 4.69) is 55.8 Å². The maximum absolute atomic E-state index is 5.87. The third-order valence-electron chi connectivity index (χ3n) is 4.12. The first-order valence-corrected chi connectivity index (χ1v) is 7.27. The van der Waals surface area contributed by atoms with E-state index < -0.39 is 0 Å². The molecule has 2 rings (SSSR count). The van der Waals surface area contributed by atoms with Crippen molar-refractivity contribution in [3.8, 4) is 0 Å². The lowest BCUT2D eigenvalue weighted by molar-refractivity contribution is 0.234. The fraction of sp³-hybridized carbons (Fsp3) is 0.625. The van der Waals surface area contributed by atoms with Crippen LogP contribution in [0.5, 0.6) is 0 Å². The highest BCUT2D eigenvalue weighted by atomic mass is 15.3. The summed E-state index contributed by atoms with van der Waals surface area (Å²) < 4.78 is 0. The molecule has 3 heteroatoms. The van der Waals surface area contributed by atoms with Crippen LogP contribution in [-0.4, -0.2) is 43.7 Å². The van der Waals surface area contributed by atoms with Crippen LogP contribution in [0.15, 0.2) is 18.2 Å². The molecule has 1 saturated heterocycles. The molecule has 0 saturated carbocycles. The lowest BCUT2D eigenvalue weighted by atomic mass is 10.0. The number of benzene rings is 1. The van der Waals surface area contributed by atoms with Crippen molar-refractivity contribution in [3.63, 3.8) is 0 Å². The van der Waals surface area contributed by atoms with E-state index in [4.69, 9.17) is 5.73 Å². The minimum Gasteiger partial charge on any atom is -0.368 e. The highest BCUT2D eigenvalue weighted by Crippen LogP contribution is 2.24. The van der Waals surface area contributed by atoms with Gasteiger partial charge in [-0.2, -0.15) is 0 Å². The average molecular weight is 261 g/mol. The second-order valence-corrected chi connectivity index (χ2v) is 6.08. The largest absolute Gasteiger partial charge is 0.368 e. The van der Waals surface area contributed by atoms with Gasteiger partial charge < -0.3 is 15.5 Å². The monoisotopic (exact) mass is 261 g/mol. The Labute approximate surface area is 117 Å². The Morgan fingerprint density at radius 2 is 2.11 bits per heavy atom. The van der Waals surface area contributed by atoms with Gasteiger partial charge in [-0.1, -0.05) is 12.1 Å². The van der Waals surface area contributed by atoms with Gasteiger partial charge >= 0.3 is 0 Å². The zero-order valence-corrected chi connectivity index (χ0v) is 12.7. The Bertz CT molecular complexity index is 428. The van der Waals surface area contributed by atoms with E-state index in [1.54, 1.807) is 0 Å². The first kappa shape index (κ1) is 14.4. The molecule has 0 aromatic heterocycles. The van der Waals surface area contributed by atoms with E-state index in [1.165, 1.54) is 16.8 Å². The minimum atomic E-state index is 0.230. The van der Waals surface area contributed by atoms with Gasteiger partial charge in [0.1, 0.15) is 0 Å². The lowest BCUT2D eigenvalue weighted by Crippen LogP contribution is -2.50. The third-order valence-corrected chi connectivity index (χ3v) is 4.12. The number of rotatable bonds is 3. The third kappa shape index (κ3) is 3.48. The Morgan fingerprint density at radius 1 is 1.37 bits per heavy atom. The van der Waals surface area contributed by atoms with Crippen LogP contribution in [-0.2, 0) is 6.42 Å². The van der Waals surface area contributed by atoms with Gasteiger partial charge in [0.05, 0.1) is 0 Å². The lowest BCUT2D eigenvalue weighted by Gasteiger charge is -2.39. The summed E-state index contributed by atoms with van der Waals surface area (Å²) in [7, 11) is 2.21. The van der Waals surface area contributed by atoms with Crippen molar-refractivity contribution in [1.29, 1.82) is 0 Å². The summed E-state index contributed by atoms with van der Waals surface area (Å²) in [6, 6.07) is 7.65. The van der Waals surface area contributed by atoms with Crippen molar-refractivity contribution in [3.05, 3.63) is 29.3 Å². The van der Waals surface area contributed by atoms with E-state index in [0.29, 0.717) is 6.04 Å². The van der Waals surface area contributed by atoms with Crippen LogP contribution in [0, 0.1) is 6.92 Å². The highest BCUT2D eigenvalue weighted by Gasteiger charge is 2.21. The smallest absolute Gasteiger partial charge is 0.0397 e. The number of piperazine rings is 1. The predicted molar refractivity (Wildman–Crippen MR) is 82.8 cm³/mol. The first-order valence-electron chi connectivity index (χ1n) is 7.27. The molecule has 0 spiro atoms. The molecular weight excluding hydrogens is 234 g/mol. The summed E-state index contributed by atoms with van der Waals surface area (Å²) in [4.78, 5) is 4.94. The SMILES string of the molecule is Cc1cc(CC(C)N)ccc1N1CCN(C)C(C)C1. The molecule has 1 fully saturated rings. The molecule has 1 aromatic carbocycles. The molecule has 1 heterocycles. The van der Waals surface area contributed by atoms with E-state index in [0.717, 1.165) is 26.1 Å². The molecule has 1 aliphatic heterocycles. The molecule has 1 aliphatic rings. The number of anilines is 1. The van der Waals surface area contributed by atoms with Crippen LogP contribution < -0.4 is 10.6 Å². The van der Waals surface area contributed by atoms with E-state index in [9.17, 15) is 0 Å². The minimum absolute atomic E-state index is 0.230. The zero-order chi connectivity index (χ0) is 14.0. The maximum atomic E-state index is 5.87. The molecule has 0 aliphatic carbocycles. The number of nitrogens with zero attached hydrogens (tertiary/aromatic N) is 2. The van der Waals surface area contributed by atoms with Crippen molar-refractivity contribution >= 4 is 5.69 Å². The van der Waals surface area contributed by atoms with Gasteiger partial charge in [0.2, 0.25) is 0 Å². The summed E-state index contributed by atoms with van der Waals surface area (Å²) in [6.07, 6.45) is 0.959. The molecule has 1 aromatic rings. The molecule has 2 N–H and O–H groups in total. The zero-order valence-electron chi connectivity index (χ0n) is 12.7. The highest BCUT2D eigenvalue weighted by molar-refractivity contribution is 5.55. The fourth-order valence-electron chi connectivity index (χ4n) is 2.84. The van der Waals surface area contributed by atoms with Crippen LogP contribution in [0.1, 0.15) is 25.0 Å². The standard InChI is InChI=1S/C16H27N3/c1-12-9-15(10-13(2)17)5-6-16(12)19-8-7-18(4)14(3)11-19/h5-6,9,13-14H,7-8,10-11,17H2,1-4H3. The quantitative estimate of drug-likeness (QED) is 0.903. The summed E-state index contributed by atoms with van der Waals surface area (Å²) >= 11 is 0. The van der Waals surface area contributed by atoms with Gasteiger partial charge in [0, 0.05) is 37.4 Å². The van der Waals surface area contributed by atoms with Crippen LogP contribution >= 0.6 is 0 Å². The van der Waals surface area contributed by atoms with Crippen molar-refractivity contribution < 1.29 is 0 Å². The summed E-state index contributed by atoms with van der Waals surface area (Å²) in [5.41, 5.74) is 9.97. The number of hydrogen-bond donors (Lipinski definition) is 1. The van der Waals surface area contributed by atoms with Gasteiger partial charge in [-0.25, -0.2) is 0 Å². The van der Waals surface area contributed by atoms with Crippen LogP contribution in [0.3, 0.4) is 0 Å². The normalized spacial score (nSPS) is 22.6. The van der Waals surface area contributed by atoms with E-state index in [1.807, 2.05) is 0 Å². The Balaban J connectivity index is 2.12. The number of aryl methyl sites for hydroxylation is 1. The van der Waals surface area contributed by atoms with Gasteiger partial charge in [-0.15, -0.1) is 0 Å². The second kappa shape index (κ2) is 5.93.